The van der Waals surface area contributed by atoms with E-state index in [9.17, 15) is 14.0 Å². The summed E-state index contributed by atoms with van der Waals surface area (Å²) >= 11 is 12.4. The molecule has 1 N–H and O–H groups in total. The molecule has 156 valence electrons. The Morgan fingerprint density at radius 2 is 1.69 bits per heavy atom. The first kappa shape index (κ1) is 23.2. The molecule has 2 aromatic carbocycles. The van der Waals surface area contributed by atoms with Gasteiger partial charge >= 0.3 is 0 Å². The molecule has 0 fully saturated rings. The Labute approximate surface area is 181 Å². The molecule has 0 aliphatic rings. The van der Waals surface area contributed by atoms with Crippen LogP contribution < -0.4 is 5.32 Å². The number of carbonyl (C=O) groups is 2. The van der Waals surface area contributed by atoms with Crippen LogP contribution in [-0.4, -0.2) is 29.3 Å². The smallest absolute Gasteiger partial charge is 0.242 e. The molecule has 0 saturated carbocycles. The molecule has 0 bridgehead atoms. The number of nitrogens with one attached hydrogen (secondary N) is 1. The van der Waals surface area contributed by atoms with Crippen LogP contribution in [0, 0.1) is 5.82 Å². The summed E-state index contributed by atoms with van der Waals surface area (Å²) in [5, 5.41) is 3.65. The second-order valence-electron chi connectivity index (χ2n) is 6.74. The first-order valence-corrected chi connectivity index (χ1v) is 10.4. The number of amides is 2. The van der Waals surface area contributed by atoms with Crippen molar-refractivity contribution in [2.45, 2.75) is 45.7 Å². The summed E-state index contributed by atoms with van der Waals surface area (Å²) in [4.78, 5) is 27.4. The number of hydrogen-bond acceptors (Lipinski definition) is 2. The van der Waals surface area contributed by atoms with Crippen LogP contribution in [0.15, 0.2) is 42.5 Å². The van der Waals surface area contributed by atoms with E-state index in [-0.39, 0.29) is 30.6 Å². The summed E-state index contributed by atoms with van der Waals surface area (Å²) in [5.74, 6) is -0.847. The second-order valence-corrected chi connectivity index (χ2v) is 7.55. The topological polar surface area (TPSA) is 49.4 Å². The molecule has 0 heterocycles. The monoisotopic (exact) mass is 438 g/mol. The van der Waals surface area contributed by atoms with E-state index >= 15 is 0 Å². The maximum atomic E-state index is 13.3. The molecule has 0 aliphatic carbocycles. The van der Waals surface area contributed by atoms with E-state index < -0.39 is 6.04 Å². The largest absolute Gasteiger partial charge is 0.354 e. The highest BCUT2D eigenvalue weighted by Gasteiger charge is 2.29. The fraction of sp³-hybridized carbons (Fsp3) is 0.364. The van der Waals surface area contributed by atoms with E-state index in [4.69, 9.17) is 23.2 Å². The zero-order chi connectivity index (χ0) is 21.4. The molecule has 0 spiro atoms. The van der Waals surface area contributed by atoms with Crippen molar-refractivity contribution in [1.29, 1.82) is 0 Å². The minimum Gasteiger partial charge on any atom is -0.354 e. The third-order valence-electron chi connectivity index (χ3n) is 4.59. The normalized spacial score (nSPS) is 11.8. The van der Waals surface area contributed by atoms with Gasteiger partial charge in [-0.3, -0.25) is 9.59 Å². The van der Waals surface area contributed by atoms with E-state index in [0.29, 0.717) is 28.6 Å². The van der Waals surface area contributed by atoms with Gasteiger partial charge in [-0.15, -0.1) is 0 Å². The Balaban J connectivity index is 2.32. The van der Waals surface area contributed by atoms with Gasteiger partial charge in [-0.25, -0.2) is 4.39 Å². The van der Waals surface area contributed by atoms with Crippen molar-refractivity contribution >= 4 is 35.0 Å². The molecule has 0 aromatic heterocycles. The lowest BCUT2D eigenvalue weighted by Crippen LogP contribution is -2.49. The summed E-state index contributed by atoms with van der Waals surface area (Å²) in [5.41, 5.74) is 1.25. The highest BCUT2D eigenvalue weighted by atomic mass is 35.5. The van der Waals surface area contributed by atoms with E-state index in [2.05, 4.69) is 5.32 Å². The quantitative estimate of drug-likeness (QED) is 0.597. The van der Waals surface area contributed by atoms with Crippen molar-refractivity contribution in [1.82, 2.24) is 10.2 Å². The average Bonchev–Trinajstić information content (AvgIpc) is 2.70. The van der Waals surface area contributed by atoms with E-state index in [1.165, 1.54) is 17.0 Å². The zero-order valence-corrected chi connectivity index (χ0v) is 18.1. The van der Waals surface area contributed by atoms with Gasteiger partial charge in [-0.2, -0.15) is 0 Å². The standard InChI is InChI=1S/C22H25Cl2FN2O2/c1-3-12-26-22(29)20(4-2)27(14-15-8-10-16(25)11-9-15)21(28)13-17-18(23)6-5-7-19(17)24/h5-11,20H,3-4,12-14H2,1-2H3,(H,26,29)/t20-/m1/s1. The number of rotatable bonds is 9. The van der Waals surface area contributed by atoms with Gasteiger partial charge in [0.05, 0.1) is 6.42 Å². The highest BCUT2D eigenvalue weighted by Crippen LogP contribution is 2.26. The molecule has 1 atom stereocenters. The number of halogens is 3. The third-order valence-corrected chi connectivity index (χ3v) is 5.30. The van der Waals surface area contributed by atoms with E-state index in [1.54, 1.807) is 30.3 Å². The Bertz CT molecular complexity index is 823. The molecule has 0 saturated heterocycles. The van der Waals surface area contributed by atoms with Gasteiger partial charge < -0.3 is 10.2 Å². The van der Waals surface area contributed by atoms with Crippen molar-refractivity contribution in [3.8, 4) is 0 Å². The van der Waals surface area contributed by atoms with Gasteiger partial charge in [0.2, 0.25) is 11.8 Å². The summed E-state index contributed by atoms with van der Waals surface area (Å²) < 4.78 is 13.3. The van der Waals surface area contributed by atoms with Crippen molar-refractivity contribution in [3.05, 3.63) is 69.5 Å². The van der Waals surface area contributed by atoms with Gasteiger partial charge in [0, 0.05) is 23.1 Å². The minimum absolute atomic E-state index is 0.0305. The Morgan fingerprint density at radius 3 is 2.24 bits per heavy atom. The second kappa shape index (κ2) is 11.2. The minimum atomic E-state index is -0.652. The number of carbonyl (C=O) groups excluding carboxylic acids is 2. The SMILES string of the molecule is CCCNC(=O)[C@@H](CC)N(Cc1ccc(F)cc1)C(=O)Cc1c(Cl)cccc1Cl. The van der Waals surface area contributed by atoms with Crippen molar-refractivity contribution in [2.24, 2.45) is 0 Å². The van der Waals surface area contributed by atoms with Gasteiger partial charge in [-0.05, 0) is 48.2 Å². The van der Waals surface area contributed by atoms with E-state index in [1.807, 2.05) is 13.8 Å². The van der Waals surface area contributed by atoms with Crippen molar-refractivity contribution in [2.75, 3.05) is 6.54 Å². The first-order valence-electron chi connectivity index (χ1n) is 9.61. The summed E-state index contributed by atoms with van der Waals surface area (Å²) in [6, 6.07) is 10.3. The first-order chi connectivity index (χ1) is 13.9. The molecular formula is C22H25Cl2FN2O2. The van der Waals surface area contributed by atoms with Crippen LogP contribution in [0.5, 0.6) is 0 Å². The van der Waals surface area contributed by atoms with Crippen LogP contribution >= 0.6 is 23.2 Å². The maximum absolute atomic E-state index is 13.3. The lowest BCUT2D eigenvalue weighted by Gasteiger charge is -2.31. The van der Waals surface area contributed by atoms with Crippen molar-refractivity contribution < 1.29 is 14.0 Å². The van der Waals surface area contributed by atoms with Crippen LogP contribution in [0.4, 0.5) is 4.39 Å². The average molecular weight is 439 g/mol. The lowest BCUT2D eigenvalue weighted by molar-refractivity contribution is -0.140. The Kier molecular flexibility index (Phi) is 8.93. The number of nitrogens with zero attached hydrogens (tertiary/aromatic N) is 1. The molecular weight excluding hydrogens is 414 g/mol. The Hall–Kier alpha value is -2.11. The molecule has 0 radical (unpaired) electrons. The lowest BCUT2D eigenvalue weighted by atomic mass is 10.1. The third kappa shape index (κ3) is 6.44. The van der Waals surface area contributed by atoms with Crippen LogP contribution in [-0.2, 0) is 22.6 Å². The number of hydrogen-bond donors (Lipinski definition) is 1. The summed E-state index contributed by atoms with van der Waals surface area (Å²) in [6.07, 6.45) is 1.21. The highest BCUT2D eigenvalue weighted by molar-refractivity contribution is 6.36. The summed E-state index contributed by atoms with van der Waals surface area (Å²) in [6.45, 7) is 4.52. The number of benzene rings is 2. The Morgan fingerprint density at radius 1 is 1.07 bits per heavy atom. The van der Waals surface area contributed by atoms with Gasteiger partial charge in [-0.1, -0.05) is 55.2 Å². The van der Waals surface area contributed by atoms with Crippen LogP contribution in [0.25, 0.3) is 0 Å². The van der Waals surface area contributed by atoms with Gasteiger partial charge in [0.1, 0.15) is 11.9 Å². The predicted octanol–water partition coefficient (Wildman–Crippen LogP) is 5.01. The molecule has 7 heteroatoms. The van der Waals surface area contributed by atoms with Crippen LogP contribution in [0.1, 0.15) is 37.8 Å². The maximum Gasteiger partial charge on any atom is 0.242 e. The summed E-state index contributed by atoms with van der Waals surface area (Å²) in [7, 11) is 0. The van der Waals surface area contributed by atoms with Crippen molar-refractivity contribution in [3.63, 3.8) is 0 Å². The fourth-order valence-electron chi connectivity index (χ4n) is 3.03. The molecule has 0 unspecified atom stereocenters. The molecule has 4 nitrogen and oxygen atoms in total. The molecule has 2 aromatic rings. The predicted molar refractivity (Wildman–Crippen MR) is 114 cm³/mol. The van der Waals surface area contributed by atoms with Gasteiger partial charge in [0.25, 0.3) is 0 Å². The van der Waals surface area contributed by atoms with Crippen LogP contribution in [0.3, 0.4) is 0 Å². The molecule has 29 heavy (non-hydrogen) atoms. The van der Waals surface area contributed by atoms with Gasteiger partial charge in [0.15, 0.2) is 0 Å². The fourth-order valence-corrected chi connectivity index (χ4v) is 3.56. The zero-order valence-electron chi connectivity index (χ0n) is 16.6. The van der Waals surface area contributed by atoms with E-state index in [0.717, 1.165) is 12.0 Å². The van der Waals surface area contributed by atoms with Crippen LogP contribution in [0.2, 0.25) is 10.0 Å². The molecule has 0 aliphatic heterocycles. The molecule has 2 amide bonds. The molecule has 2 rings (SSSR count).